The molecule has 0 amide bonds. The zero-order valence-corrected chi connectivity index (χ0v) is 5.90. The summed E-state index contributed by atoms with van der Waals surface area (Å²) in [7, 11) is 0. The largest absolute Gasteiger partial charge is 0.767 e. The molecule has 0 aliphatic carbocycles. The van der Waals surface area contributed by atoms with Gasteiger partial charge in [-0.1, -0.05) is 13.0 Å². The molecule has 1 atom stereocenters. The van der Waals surface area contributed by atoms with Crippen molar-refractivity contribution in [2.75, 3.05) is 0 Å². The molecule has 1 unspecified atom stereocenters. The second kappa shape index (κ2) is 4.40. The molecule has 0 aromatic rings. The van der Waals surface area contributed by atoms with Crippen LogP contribution in [0.5, 0.6) is 0 Å². The van der Waals surface area contributed by atoms with Crippen LogP contribution in [0.2, 0.25) is 0 Å². The molecule has 0 spiro atoms. The Morgan fingerprint density at radius 1 is 1.89 bits per heavy atom. The Morgan fingerprint density at radius 2 is 2.44 bits per heavy atom. The number of allylic oxidation sites excluding steroid dienone is 1. The smallest absolute Gasteiger partial charge is 0.104 e. The Hall–Kier alpha value is -0.480. The Bertz CT molecular complexity index is 153. The number of hydrogen-bond acceptors (Lipinski definition) is 3. The molecule has 0 rings (SSSR count). The minimum Gasteiger partial charge on any atom is -0.767 e. The molecule has 9 heavy (non-hydrogen) atoms. The monoisotopic (exact) mass is 146 g/mol. The van der Waals surface area contributed by atoms with Crippen molar-refractivity contribution in [3.8, 4) is 0 Å². The van der Waals surface area contributed by atoms with Gasteiger partial charge in [0.1, 0.15) is 5.04 Å². The minimum absolute atomic E-state index is 0.364. The summed E-state index contributed by atoms with van der Waals surface area (Å²) in [6.45, 7) is 1.87. The van der Waals surface area contributed by atoms with E-state index in [0.717, 1.165) is 6.42 Å². The minimum atomic E-state index is -2.37. The summed E-state index contributed by atoms with van der Waals surface area (Å²) in [5.74, 6) is 0. The van der Waals surface area contributed by atoms with Gasteiger partial charge in [0.25, 0.3) is 0 Å². The highest BCUT2D eigenvalue weighted by molar-refractivity contribution is 7.95. The summed E-state index contributed by atoms with van der Waals surface area (Å²) in [5.41, 5.74) is 0. The second-order valence-electron chi connectivity index (χ2n) is 1.41. The van der Waals surface area contributed by atoms with Gasteiger partial charge in [0.05, 0.1) is 0 Å². The average molecular weight is 146 g/mol. The summed E-state index contributed by atoms with van der Waals surface area (Å²) >= 11 is -2.37. The molecular formula is C5H8NO2S-. The van der Waals surface area contributed by atoms with E-state index in [4.69, 9.17) is 5.41 Å². The molecule has 0 aromatic heterocycles. The zero-order chi connectivity index (χ0) is 7.28. The lowest BCUT2D eigenvalue weighted by Gasteiger charge is -1.99. The van der Waals surface area contributed by atoms with Gasteiger partial charge in [-0.2, -0.15) is 0 Å². The van der Waals surface area contributed by atoms with Gasteiger partial charge in [0.2, 0.25) is 0 Å². The molecule has 52 valence electrons. The van der Waals surface area contributed by atoms with Crippen molar-refractivity contribution in [1.82, 2.24) is 0 Å². The van der Waals surface area contributed by atoms with E-state index >= 15 is 0 Å². The summed E-state index contributed by atoms with van der Waals surface area (Å²) in [5, 5.41) is 6.38. The third-order valence-corrected chi connectivity index (χ3v) is 1.18. The zero-order valence-electron chi connectivity index (χ0n) is 5.09. The number of nitrogens with one attached hydrogen (secondary N) is 1. The highest BCUT2D eigenvalue weighted by Gasteiger charge is 1.85. The molecule has 0 bridgehead atoms. The van der Waals surface area contributed by atoms with E-state index in [-0.39, 0.29) is 5.04 Å². The second-order valence-corrected chi connectivity index (χ2v) is 2.32. The molecule has 4 heteroatoms. The molecule has 0 aliphatic heterocycles. The fourth-order valence-corrected chi connectivity index (χ4v) is 0.488. The maximum absolute atomic E-state index is 9.93. The molecule has 0 radical (unpaired) electrons. The SMILES string of the molecule is CCC=CC(=N)S(=O)[O-]. The molecule has 0 heterocycles. The topological polar surface area (TPSA) is 64.0 Å². The summed E-state index contributed by atoms with van der Waals surface area (Å²) < 4.78 is 19.9. The van der Waals surface area contributed by atoms with Crippen molar-refractivity contribution in [2.45, 2.75) is 13.3 Å². The summed E-state index contributed by atoms with van der Waals surface area (Å²) in [4.78, 5) is 0. The van der Waals surface area contributed by atoms with Gasteiger partial charge in [-0.3, -0.25) is 9.62 Å². The lowest BCUT2D eigenvalue weighted by molar-refractivity contribution is 0.549. The van der Waals surface area contributed by atoms with Crippen molar-refractivity contribution in [1.29, 1.82) is 5.41 Å². The van der Waals surface area contributed by atoms with Crippen LogP contribution in [0.3, 0.4) is 0 Å². The highest BCUT2D eigenvalue weighted by Crippen LogP contribution is 1.84. The molecule has 3 nitrogen and oxygen atoms in total. The molecule has 0 fully saturated rings. The fourth-order valence-electron chi connectivity index (χ4n) is 0.280. The quantitative estimate of drug-likeness (QED) is 0.356. The lowest BCUT2D eigenvalue weighted by Crippen LogP contribution is -1.99. The van der Waals surface area contributed by atoms with E-state index in [1.54, 1.807) is 6.08 Å². The van der Waals surface area contributed by atoms with Gasteiger partial charge < -0.3 is 4.55 Å². The molecule has 0 aliphatic rings. The van der Waals surface area contributed by atoms with Crippen LogP contribution in [-0.2, 0) is 11.1 Å². The first-order chi connectivity index (χ1) is 4.18. The molecular weight excluding hydrogens is 138 g/mol. The van der Waals surface area contributed by atoms with Gasteiger partial charge in [0, 0.05) is 0 Å². The Morgan fingerprint density at radius 3 is 2.78 bits per heavy atom. The molecule has 0 saturated heterocycles. The summed E-state index contributed by atoms with van der Waals surface area (Å²) in [6.07, 6.45) is 3.64. The predicted molar refractivity (Wildman–Crippen MR) is 36.1 cm³/mol. The van der Waals surface area contributed by atoms with Gasteiger partial charge >= 0.3 is 0 Å². The first kappa shape index (κ1) is 8.52. The van der Waals surface area contributed by atoms with E-state index < -0.39 is 11.1 Å². The summed E-state index contributed by atoms with van der Waals surface area (Å²) in [6, 6.07) is 0. The van der Waals surface area contributed by atoms with Gasteiger partial charge in [0.15, 0.2) is 0 Å². The van der Waals surface area contributed by atoms with Crippen molar-refractivity contribution in [3.63, 3.8) is 0 Å². The number of rotatable bonds is 2. The predicted octanol–water partition coefficient (Wildman–Crippen LogP) is 0.809. The van der Waals surface area contributed by atoms with Crippen LogP contribution in [0.15, 0.2) is 12.2 Å². The van der Waals surface area contributed by atoms with Gasteiger partial charge in [-0.15, -0.1) is 0 Å². The first-order valence-electron chi connectivity index (χ1n) is 2.52. The maximum atomic E-state index is 9.93. The third kappa shape index (κ3) is 4.05. The van der Waals surface area contributed by atoms with Gasteiger partial charge in [-0.05, 0) is 23.6 Å². The van der Waals surface area contributed by atoms with Crippen molar-refractivity contribution in [2.24, 2.45) is 0 Å². The van der Waals surface area contributed by atoms with Crippen LogP contribution >= 0.6 is 0 Å². The van der Waals surface area contributed by atoms with E-state index in [2.05, 4.69) is 0 Å². The average Bonchev–Trinajstić information content (AvgIpc) is 1.82. The fraction of sp³-hybridized carbons (Fsp3) is 0.400. The maximum Gasteiger partial charge on any atom is 0.104 e. The van der Waals surface area contributed by atoms with Crippen LogP contribution in [0.4, 0.5) is 0 Å². The van der Waals surface area contributed by atoms with Crippen LogP contribution in [-0.4, -0.2) is 13.8 Å². The van der Waals surface area contributed by atoms with E-state index in [1.807, 2.05) is 6.92 Å². The van der Waals surface area contributed by atoms with E-state index in [9.17, 15) is 8.76 Å². The van der Waals surface area contributed by atoms with E-state index in [0.29, 0.717) is 0 Å². The first-order valence-corrected chi connectivity index (χ1v) is 3.60. The van der Waals surface area contributed by atoms with Crippen LogP contribution < -0.4 is 0 Å². The van der Waals surface area contributed by atoms with Crippen molar-refractivity contribution >= 4 is 16.1 Å². The van der Waals surface area contributed by atoms with E-state index in [1.165, 1.54) is 6.08 Å². The third-order valence-electron chi connectivity index (χ3n) is 0.684. The Kier molecular flexibility index (Phi) is 4.17. The molecule has 1 N–H and O–H groups in total. The van der Waals surface area contributed by atoms with Crippen LogP contribution in [0, 0.1) is 5.41 Å². The van der Waals surface area contributed by atoms with Gasteiger partial charge in [-0.25, -0.2) is 0 Å². The van der Waals surface area contributed by atoms with Crippen LogP contribution in [0.1, 0.15) is 13.3 Å². The Labute approximate surface area is 56.6 Å². The standard InChI is InChI=1S/C5H9NO2S/c1-2-3-4-5(6)9(7)8/h3-4,6H,2H2,1H3,(H,7,8)/p-1. The van der Waals surface area contributed by atoms with Crippen molar-refractivity contribution in [3.05, 3.63) is 12.2 Å². The molecule has 0 aromatic carbocycles. The van der Waals surface area contributed by atoms with Crippen LogP contribution in [0.25, 0.3) is 0 Å². The lowest BCUT2D eigenvalue weighted by atomic mass is 10.4. The van der Waals surface area contributed by atoms with Crippen molar-refractivity contribution < 1.29 is 8.76 Å². The highest BCUT2D eigenvalue weighted by atomic mass is 32.2. The Balaban J connectivity index is 3.77. The normalized spacial score (nSPS) is 14.0. The number of hydrogen-bond donors (Lipinski definition) is 1. The molecule has 0 saturated carbocycles.